The average Bonchev–Trinajstić information content (AvgIpc) is 3.06. The molecule has 1 aromatic carbocycles. The van der Waals surface area contributed by atoms with Gasteiger partial charge in [0.2, 0.25) is 0 Å². The van der Waals surface area contributed by atoms with E-state index in [4.69, 9.17) is 0 Å². The molecule has 166 valence electrons. The molecule has 1 fully saturated rings. The second-order valence-electron chi connectivity index (χ2n) is 7.00. The zero-order valence-electron chi connectivity index (χ0n) is 19.6. The number of nitrogens with zero attached hydrogens (tertiary/aromatic N) is 1. The first-order valence-electron chi connectivity index (χ1n) is 11.0. The molecule has 1 aromatic rings. The van der Waals surface area contributed by atoms with E-state index in [-0.39, 0.29) is 0 Å². The van der Waals surface area contributed by atoms with Crippen LogP contribution in [0.2, 0.25) is 0 Å². The lowest BCUT2D eigenvalue weighted by molar-refractivity contribution is 0.215. The Bertz CT molecular complexity index is 726. The van der Waals surface area contributed by atoms with Crippen molar-refractivity contribution < 1.29 is 4.74 Å². The van der Waals surface area contributed by atoms with E-state index in [0.29, 0.717) is 6.04 Å². The summed E-state index contributed by atoms with van der Waals surface area (Å²) in [6, 6.07) is 8.78. The van der Waals surface area contributed by atoms with Gasteiger partial charge in [-0.15, -0.1) is 0 Å². The van der Waals surface area contributed by atoms with E-state index in [1.165, 1.54) is 5.57 Å². The monoisotopic (exact) mass is 412 g/mol. The number of anilines is 1. The molecule has 30 heavy (non-hydrogen) atoms. The van der Waals surface area contributed by atoms with Crippen LogP contribution in [0.5, 0.6) is 0 Å². The van der Waals surface area contributed by atoms with Gasteiger partial charge in [0.25, 0.3) is 0 Å². The van der Waals surface area contributed by atoms with Crippen LogP contribution in [0.4, 0.5) is 11.4 Å². The number of ether oxygens (including phenoxy) is 1. The fourth-order valence-corrected chi connectivity index (χ4v) is 2.84. The largest absolute Gasteiger partial charge is 0.385 e. The first-order valence-corrected chi connectivity index (χ1v) is 11.0. The lowest BCUT2D eigenvalue weighted by Gasteiger charge is -2.19. The number of hydrogen-bond acceptors (Lipinski definition) is 5. The van der Waals surface area contributed by atoms with Crippen LogP contribution in [0.3, 0.4) is 0 Å². The minimum absolute atomic E-state index is 0.675. The molecule has 1 aliphatic carbocycles. The number of aliphatic imine (C=N–C) groups is 1. The van der Waals surface area contributed by atoms with Crippen LogP contribution >= 0.6 is 0 Å². The maximum Gasteiger partial charge on any atom is 0.0864 e. The summed E-state index contributed by atoms with van der Waals surface area (Å²) in [6.45, 7) is 14.5. The molecule has 2 heterocycles. The van der Waals surface area contributed by atoms with Crippen molar-refractivity contribution in [1.29, 1.82) is 0 Å². The van der Waals surface area contributed by atoms with Gasteiger partial charge < -0.3 is 20.7 Å². The minimum Gasteiger partial charge on any atom is -0.385 e. The lowest BCUT2D eigenvalue weighted by atomic mass is 10.2. The third-order valence-corrected chi connectivity index (χ3v) is 4.49. The summed E-state index contributed by atoms with van der Waals surface area (Å²) in [5.74, 6) is 0. The molecule has 5 nitrogen and oxygen atoms in total. The highest BCUT2D eigenvalue weighted by Gasteiger charge is 2.10. The Morgan fingerprint density at radius 2 is 1.90 bits per heavy atom. The van der Waals surface area contributed by atoms with Gasteiger partial charge >= 0.3 is 0 Å². The fraction of sp³-hybridized carbons (Fsp3) is 0.480. The second kappa shape index (κ2) is 15.6. The SMILES string of the molecule is CC.CC1=CC2=C(C=CC1)C=Nc1ccccc1N2.CCOC.C[C@H]1CNCCN1. The van der Waals surface area contributed by atoms with Crippen molar-refractivity contribution in [2.75, 3.05) is 38.7 Å². The topological polar surface area (TPSA) is 57.7 Å². The number of allylic oxidation sites excluding steroid dienone is 5. The fourth-order valence-electron chi connectivity index (χ4n) is 2.84. The molecular formula is C25H40N4O. The molecule has 4 rings (SSSR count). The van der Waals surface area contributed by atoms with Gasteiger partial charge in [-0.05, 0) is 45.4 Å². The number of benzene rings is 1. The van der Waals surface area contributed by atoms with Gasteiger partial charge in [0.15, 0.2) is 0 Å². The molecule has 2 aliphatic heterocycles. The zero-order valence-corrected chi connectivity index (χ0v) is 19.6. The maximum atomic E-state index is 4.54. The molecule has 3 N–H and O–H groups in total. The third kappa shape index (κ3) is 9.53. The normalized spacial score (nSPS) is 18.9. The highest BCUT2D eigenvalue weighted by molar-refractivity contribution is 5.91. The molecule has 0 radical (unpaired) electrons. The van der Waals surface area contributed by atoms with Gasteiger partial charge in [0, 0.05) is 56.9 Å². The highest BCUT2D eigenvalue weighted by atomic mass is 16.5. The Balaban J connectivity index is 0.000000288. The van der Waals surface area contributed by atoms with Gasteiger partial charge in [-0.1, -0.05) is 43.7 Å². The van der Waals surface area contributed by atoms with E-state index in [1.807, 2.05) is 45.2 Å². The van der Waals surface area contributed by atoms with E-state index in [2.05, 4.69) is 63.8 Å². The Morgan fingerprint density at radius 1 is 1.17 bits per heavy atom. The molecule has 0 aromatic heterocycles. The van der Waals surface area contributed by atoms with Crippen molar-refractivity contribution in [2.45, 2.75) is 47.1 Å². The lowest BCUT2D eigenvalue weighted by Crippen LogP contribution is -2.46. The summed E-state index contributed by atoms with van der Waals surface area (Å²) in [4.78, 5) is 4.51. The number of fused-ring (bicyclic) bond motifs is 1. The summed E-state index contributed by atoms with van der Waals surface area (Å²) in [6.07, 6.45) is 9.44. The molecule has 0 saturated carbocycles. The molecule has 5 heteroatoms. The smallest absolute Gasteiger partial charge is 0.0864 e. The molecular weight excluding hydrogens is 372 g/mol. The molecule has 3 aliphatic rings. The highest BCUT2D eigenvalue weighted by Crippen LogP contribution is 2.30. The van der Waals surface area contributed by atoms with Crippen LogP contribution in [-0.2, 0) is 4.74 Å². The minimum atomic E-state index is 0.675. The molecule has 0 spiro atoms. The Labute approximate surface area is 183 Å². The van der Waals surface area contributed by atoms with Crippen LogP contribution in [0.15, 0.2) is 64.3 Å². The Morgan fingerprint density at radius 3 is 2.50 bits per heavy atom. The molecule has 0 bridgehead atoms. The summed E-state index contributed by atoms with van der Waals surface area (Å²) >= 11 is 0. The van der Waals surface area contributed by atoms with Crippen LogP contribution in [0.1, 0.15) is 41.0 Å². The average molecular weight is 413 g/mol. The van der Waals surface area contributed by atoms with E-state index in [0.717, 1.165) is 55.3 Å². The van der Waals surface area contributed by atoms with Crippen LogP contribution in [0, 0.1) is 0 Å². The molecule has 0 amide bonds. The van der Waals surface area contributed by atoms with Crippen molar-refractivity contribution in [3.05, 3.63) is 59.3 Å². The third-order valence-electron chi connectivity index (χ3n) is 4.49. The number of rotatable bonds is 1. The van der Waals surface area contributed by atoms with Crippen molar-refractivity contribution >= 4 is 17.6 Å². The van der Waals surface area contributed by atoms with Gasteiger partial charge in [0.05, 0.1) is 11.4 Å². The van der Waals surface area contributed by atoms with Gasteiger partial charge in [-0.2, -0.15) is 0 Å². The van der Waals surface area contributed by atoms with E-state index >= 15 is 0 Å². The van der Waals surface area contributed by atoms with E-state index < -0.39 is 0 Å². The molecule has 1 atom stereocenters. The number of hydrogen-bond donors (Lipinski definition) is 3. The summed E-state index contributed by atoms with van der Waals surface area (Å²) < 4.78 is 4.54. The van der Waals surface area contributed by atoms with Crippen LogP contribution in [0.25, 0.3) is 0 Å². The molecule has 1 saturated heterocycles. The standard InChI is InChI=1S/C15H14N2.C5H12N2.C3H8O.C2H6/c1-11-5-4-6-12-10-16-13-7-2-3-8-14(13)17-15(12)9-11;1-5-4-6-2-3-7-5;1-3-4-2;1-2/h2-4,6-10,17H,5H2,1H3;5-7H,2-4H2,1H3;3H2,1-2H3;1-2H3/t;5-;;/m.0../s1. The summed E-state index contributed by atoms with van der Waals surface area (Å²) in [5, 5.41) is 10.1. The zero-order chi connectivity index (χ0) is 22.2. The predicted molar refractivity (Wildman–Crippen MR) is 132 cm³/mol. The Hall–Kier alpha value is -2.21. The van der Waals surface area contributed by atoms with Crippen LogP contribution in [-0.4, -0.2) is 45.6 Å². The predicted octanol–water partition coefficient (Wildman–Crippen LogP) is 5.22. The van der Waals surface area contributed by atoms with Crippen LogP contribution < -0.4 is 16.0 Å². The Kier molecular flexibility index (Phi) is 13.4. The van der Waals surface area contributed by atoms with E-state index in [1.54, 1.807) is 7.11 Å². The van der Waals surface area contributed by atoms with Gasteiger partial charge in [0.1, 0.15) is 0 Å². The van der Waals surface area contributed by atoms with Crippen molar-refractivity contribution in [3.63, 3.8) is 0 Å². The van der Waals surface area contributed by atoms with Gasteiger partial charge in [-0.3, -0.25) is 4.99 Å². The molecule has 0 unspecified atom stereocenters. The summed E-state index contributed by atoms with van der Waals surface area (Å²) in [7, 11) is 1.68. The van der Waals surface area contributed by atoms with Crippen molar-refractivity contribution in [2.24, 2.45) is 4.99 Å². The number of para-hydroxylation sites is 2. The number of methoxy groups -OCH3 is 1. The maximum absolute atomic E-state index is 4.54. The first kappa shape index (κ1) is 25.8. The first-order chi connectivity index (χ1) is 14.6. The van der Waals surface area contributed by atoms with Crippen molar-refractivity contribution in [1.82, 2.24) is 10.6 Å². The number of nitrogens with one attached hydrogen (secondary N) is 3. The summed E-state index contributed by atoms with van der Waals surface area (Å²) in [5.41, 5.74) is 5.67. The van der Waals surface area contributed by atoms with Gasteiger partial charge in [-0.25, -0.2) is 0 Å². The second-order valence-corrected chi connectivity index (χ2v) is 7.00. The van der Waals surface area contributed by atoms with Crippen molar-refractivity contribution in [3.8, 4) is 0 Å². The number of piperazine rings is 1. The van der Waals surface area contributed by atoms with E-state index in [9.17, 15) is 0 Å². The quantitative estimate of drug-likeness (QED) is 0.592.